The third-order valence-electron chi connectivity index (χ3n) is 2.37. The maximum absolute atomic E-state index is 13.2. The first-order valence-corrected chi connectivity index (χ1v) is 6.29. The Labute approximate surface area is 108 Å². The molecule has 0 saturated carbocycles. The molecule has 0 aliphatic rings. The number of nitrogens with one attached hydrogen (secondary N) is 1. The molecular formula is C14H22FNO2. The smallest absolute Gasteiger partial charge is 0.124 e. The molecule has 18 heavy (non-hydrogen) atoms. The Morgan fingerprint density at radius 1 is 1.33 bits per heavy atom. The Balaban J connectivity index is 2.64. The summed E-state index contributed by atoms with van der Waals surface area (Å²) in [4.78, 5) is 0. The fourth-order valence-electron chi connectivity index (χ4n) is 1.53. The summed E-state index contributed by atoms with van der Waals surface area (Å²) in [6, 6.07) is 4.43. The van der Waals surface area contributed by atoms with Gasteiger partial charge in [0.05, 0.1) is 6.10 Å². The van der Waals surface area contributed by atoms with Crippen molar-refractivity contribution in [1.82, 2.24) is 5.32 Å². The average molecular weight is 255 g/mol. The number of rotatable bonds is 7. The van der Waals surface area contributed by atoms with Crippen LogP contribution in [0, 0.1) is 11.7 Å². The van der Waals surface area contributed by atoms with Gasteiger partial charge < -0.3 is 15.2 Å². The van der Waals surface area contributed by atoms with E-state index < -0.39 is 6.10 Å². The Bertz CT molecular complexity index is 367. The van der Waals surface area contributed by atoms with Gasteiger partial charge in [-0.3, -0.25) is 0 Å². The van der Waals surface area contributed by atoms with E-state index in [0.717, 1.165) is 12.1 Å². The van der Waals surface area contributed by atoms with Crippen molar-refractivity contribution in [2.75, 3.05) is 13.2 Å². The molecule has 0 saturated heterocycles. The number of hydrogen-bond acceptors (Lipinski definition) is 3. The van der Waals surface area contributed by atoms with Crippen LogP contribution in [0.5, 0.6) is 5.75 Å². The molecule has 3 nitrogen and oxygen atoms in total. The normalized spacial score (nSPS) is 12.8. The van der Waals surface area contributed by atoms with Crippen molar-refractivity contribution in [2.24, 2.45) is 5.92 Å². The van der Waals surface area contributed by atoms with Crippen LogP contribution in [0.3, 0.4) is 0 Å². The molecule has 102 valence electrons. The summed E-state index contributed by atoms with van der Waals surface area (Å²) < 4.78 is 18.7. The molecule has 0 aliphatic carbocycles. The lowest BCUT2D eigenvalue weighted by molar-refractivity contribution is 0.122. The standard InChI is InChI=1S/C14H22FNO2/c1-10(2)7-16-8-12-6-13(15)4-5-14(12)18-9-11(3)17/h4-6,10-11,16-17H,7-9H2,1-3H3. The minimum absolute atomic E-state index is 0.211. The van der Waals surface area contributed by atoms with Gasteiger partial charge in [-0.1, -0.05) is 13.8 Å². The highest BCUT2D eigenvalue weighted by Crippen LogP contribution is 2.20. The van der Waals surface area contributed by atoms with Crippen molar-refractivity contribution in [3.05, 3.63) is 29.6 Å². The van der Waals surface area contributed by atoms with Crippen molar-refractivity contribution in [2.45, 2.75) is 33.4 Å². The number of halogens is 1. The molecule has 0 bridgehead atoms. The fourth-order valence-corrected chi connectivity index (χ4v) is 1.53. The molecule has 0 aromatic heterocycles. The van der Waals surface area contributed by atoms with Gasteiger partial charge in [-0.15, -0.1) is 0 Å². The highest BCUT2D eigenvalue weighted by Gasteiger charge is 2.07. The van der Waals surface area contributed by atoms with E-state index in [9.17, 15) is 9.50 Å². The fraction of sp³-hybridized carbons (Fsp3) is 0.571. The van der Waals surface area contributed by atoms with Gasteiger partial charge in [0.15, 0.2) is 0 Å². The zero-order valence-corrected chi connectivity index (χ0v) is 11.2. The van der Waals surface area contributed by atoms with Crippen LogP contribution in [-0.4, -0.2) is 24.4 Å². The molecule has 1 atom stereocenters. The SMILES string of the molecule is CC(C)CNCc1cc(F)ccc1OCC(C)O. The van der Waals surface area contributed by atoms with Crippen LogP contribution in [0.2, 0.25) is 0 Å². The van der Waals surface area contributed by atoms with Gasteiger partial charge in [-0.2, -0.15) is 0 Å². The van der Waals surface area contributed by atoms with E-state index in [-0.39, 0.29) is 12.4 Å². The summed E-state index contributed by atoms with van der Waals surface area (Å²) in [5.74, 6) is 0.884. The third-order valence-corrected chi connectivity index (χ3v) is 2.37. The summed E-state index contributed by atoms with van der Waals surface area (Å²) in [6.07, 6.45) is -0.536. The van der Waals surface area contributed by atoms with Crippen LogP contribution >= 0.6 is 0 Å². The Morgan fingerprint density at radius 2 is 2.06 bits per heavy atom. The van der Waals surface area contributed by atoms with Crippen LogP contribution in [0.25, 0.3) is 0 Å². The predicted octanol–water partition coefficient (Wildman–Crippen LogP) is 2.33. The van der Waals surface area contributed by atoms with Gasteiger partial charge in [-0.25, -0.2) is 4.39 Å². The molecule has 0 radical (unpaired) electrons. The predicted molar refractivity (Wildman–Crippen MR) is 70.1 cm³/mol. The number of benzene rings is 1. The highest BCUT2D eigenvalue weighted by atomic mass is 19.1. The molecule has 1 aromatic rings. The maximum Gasteiger partial charge on any atom is 0.124 e. The average Bonchev–Trinajstić information content (AvgIpc) is 2.27. The number of hydrogen-bond donors (Lipinski definition) is 2. The lowest BCUT2D eigenvalue weighted by Gasteiger charge is -2.14. The van der Waals surface area contributed by atoms with Crippen LogP contribution in [0.4, 0.5) is 4.39 Å². The molecule has 2 N–H and O–H groups in total. The zero-order chi connectivity index (χ0) is 13.5. The van der Waals surface area contributed by atoms with E-state index >= 15 is 0 Å². The first-order valence-electron chi connectivity index (χ1n) is 6.29. The van der Waals surface area contributed by atoms with Crippen molar-refractivity contribution in [1.29, 1.82) is 0 Å². The first-order chi connectivity index (χ1) is 8.49. The molecule has 1 rings (SSSR count). The minimum atomic E-state index is -0.536. The van der Waals surface area contributed by atoms with Crippen molar-refractivity contribution < 1.29 is 14.2 Å². The van der Waals surface area contributed by atoms with Gasteiger partial charge in [0.25, 0.3) is 0 Å². The molecule has 1 unspecified atom stereocenters. The second-order valence-corrected chi connectivity index (χ2v) is 4.94. The topological polar surface area (TPSA) is 41.5 Å². The van der Waals surface area contributed by atoms with E-state index in [1.807, 2.05) is 0 Å². The molecular weight excluding hydrogens is 233 g/mol. The maximum atomic E-state index is 13.2. The molecule has 0 amide bonds. The minimum Gasteiger partial charge on any atom is -0.491 e. The molecule has 0 fully saturated rings. The van der Waals surface area contributed by atoms with Crippen LogP contribution in [-0.2, 0) is 6.54 Å². The molecule has 0 aliphatic heterocycles. The first kappa shape index (κ1) is 14.9. The van der Waals surface area contributed by atoms with Crippen LogP contribution in [0.1, 0.15) is 26.3 Å². The zero-order valence-electron chi connectivity index (χ0n) is 11.2. The second-order valence-electron chi connectivity index (χ2n) is 4.94. The van der Waals surface area contributed by atoms with E-state index in [1.165, 1.54) is 12.1 Å². The number of aliphatic hydroxyl groups is 1. The lowest BCUT2D eigenvalue weighted by Crippen LogP contribution is -2.20. The Hall–Kier alpha value is -1.13. The molecule has 4 heteroatoms. The van der Waals surface area contributed by atoms with Gasteiger partial charge >= 0.3 is 0 Å². The Morgan fingerprint density at radius 3 is 2.67 bits per heavy atom. The van der Waals surface area contributed by atoms with Crippen molar-refractivity contribution in [3.63, 3.8) is 0 Å². The molecule has 1 aromatic carbocycles. The number of aliphatic hydroxyl groups excluding tert-OH is 1. The molecule has 0 spiro atoms. The van der Waals surface area contributed by atoms with Crippen LogP contribution < -0.4 is 10.1 Å². The summed E-state index contributed by atoms with van der Waals surface area (Å²) in [7, 11) is 0. The lowest BCUT2D eigenvalue weighted by atomic mass is 10.1. The van der Waals surface area contributed by atoms with Gasteiger partial charge in [-0.05, 0) is 37.6 Å². The summed E-state index contributed by atoms with van der Waals surface area (Å²) in [6.45, 7) is 7.52. The summed E-state index contributed by atoms with van der Waals surface area (Å²) in [5, 5.41) is 12.4. The monoisotopic (exact) mass is 255 g/mol. The van der Waals surface area contributed by atoms with Crippen molar-refractivity contribution in [3.8, 4) is 5.75 Å². The van der Waals surface area contributed by atoms with E-state index in [2.05, 4.69) is 19.2 Å². The number of ether oxygens (including phenoxy) is 1. The quantitative estimate of drug-likeness (QED) is 0.785. The van der Waals surface area contributed by atoms with E-state index in [4.69, 9.17) is 4.74 Å². The second kappa shape index (κ2) is 7.34. The van der Waals surface area contributed by atoms with Crippen molar-refractivity contribution >= 4 is 0 Å². The summed E-state index contributed by atoms with van der Waals surface area (Å²) >= 11 is 0. The van der Waals surface area contributed by atoms with Gasteiger partial charge in [0.1, 0.15) is 18.2 Å². The van der Waals surface area contributed by atoms with Gasteiger partial charge in [0.2, 0.25) is 0 Å². The molecule has 0 heterocycles. The summed E-state index contributed by atoms with van der Waals surface area (Å²) in [5.41, 5.74) is 0.774. The van der Waals surface area contributed by atoms with E-state index in [1.54, 1.807) is 13.0 Å². The largest absolute Gasteiger partial charge is 0.491 e. The Kier molecular flexibility index (Phi) is 6.09. The highest BCUT2D eigenvalue weighted by molar-refractivity contribution is 5.34. The third kappa shape index (κ3) is 5.47. The van der Waals surface area contributed by atoms with Crippen LogP contribution in [0.15, 0.2) is 18.2 Å². The van der Waals surface area contributed by atoms with Gasteiger partial charge in [0, 0.05) is 12.1 Å². The van der Waals surface area contributed by atoms with E-state index in [0.29, 0.717) is 18.2 Å².